The van der Waals surface area contributed by atoms with Crippen LogP contribution in [0.3, 0.4) is 0 Å². The molecule has 338 valence electrons. The van der Waals surface area contributed by atoms with Crippen LogP contribution < -0.4 is 5.32 Å². The standard InChI is InChI=1S/C49H77NO10/c1-11-36(45(53)54)38-20-19-29(4)43(57-38)33(8)41(51)32(7)42(52)37(12-2)44-30(5)27-31(6)48(58-44)24-21-39(50-28-35-17-15-14-16-18-35)49(60-48)26-25-46(10,59-49)40-22-23-47(55,13-3)34(9)56-40/h14-18,21,24,29-34,36-41,43-44,50-51,55H,11-13,19-20,22-23,25-28H2,1-10H3,(H,53,54)/t29-,30-,31+,32-,33-,34-,36+,37-,38+,39+,40+,41+,43+,44-,46-,47+,48?,49-/m0/s1. The maximum absolute atomic E-state index is 14.7. The van der Waals surface area contributed by atoms with Gasteiger partial charge in [0.1, 0.15) is 5.78 Å². The SMILES string of the molecule is CC[C@@H](C(=O)[C@@H](C)[C@@H](O)[C@H](C)[C@@H]1O[C@@H]([C@@H](CC)C(=O)O)CC[C@@H]1C)[C@H]1OC2(C=C[C@@H](NCc3ccccc3)[C@]3(CC[C@@](C)([C@H]4CC[C@](O)(CC)[C@H](C)O4)O3)O2)[C@H](C)C[C@@H]1C. The number of hydrogen-bond acceptors (Lipinski definition) is 10. The van der Waals surface area contributed by atoms with Crippen LogP contribution in [0.25, 0.3) is 0 Å². The fourth-order valence-electron chi connectivity index (χ4n) is 11.6. The molecule has 1 aromatic rings. The lowest BCUT2D eigenvalue weighted by Crippen LogP contribution is -2.65. The maximum Gasteiger partial charge on any atom is 0.309 e. The van der Waals surface area contributed by atoms with E-state index in [-0.39, 0.29) is 53.8 Å². The normalized spacial score (nSPS) is 42.1. The number of rotatable bonds is 15. The van der Waals surface area contributed by atoms with Gasteiger partial charge in [-0.2, -0.15) is 0 Å². The lowest BCUT2D eigenvalue weighted by molar-refractivity contribution is -0.398. The van der Waals surface area contributed by atoms with Gasteiger partial charge in [-0.15, -0.1) is 0 Å². The molecular weight excluding hydrogens is 763 g/mol. The summed E-state index contributed by atoms with van der Waals surface area (Å²) in [5, 5.41) is 36.7. The number of ketones is 1. The Balaban J connectivity index is 1.23. The first-order valence-electron chi connectivity index (χ1n) is 23.4. The van der Waals surface area contributed by atoms with Crippen molar-refractivity contribution in [3.8, 4) is 0 Å². The molecule has 4 saturated heterocycles. The first-order chi connectivity index (χ1) is 28.4. The molecule has 60 heavy (non-hydrogen) atoms. The predicted molar refractivity (Wildman–Crippen MR) is 230 cm³/mol. The van der Waals surface area contributed by atoms with Gasteiger partial charge >= 0.3 is 5.97 Å². The molecule has 5 aliphatic heterocycles. The van der Waals surface area contributed by atoms with Crippen molar-refractivity contribution >= 4 is 11.8 Å². The smallest absolute Gasteiger partial charge is 0.309 e. The molecule has 6 rings (SSSR count). The predicted octanol–water partition coefficient (Wildman–Crippen LogP) is 7.99. The van der Waals surface area contributed by atoms with Gasteiger partial charge < -0.3 is 44.3 Å². The highest BCUT2D eigenvalue weighted by Gasteiger charge is 2.63. The van der Waals surface area contributed by atoms with Crippen LogP contribution in [0.1, 0.15) is 139 Å². The molecule has 11 nitrogen and oxygen atoms in total. The Hall–Kier alpha value is -2.22. The minimum Gasteiger partial charge on any atom is -0.481 e. The number of nitrogens with one attached hydrogen (secondary N) is 1. The monoisotopic (exact) mass is 840 g/mol. The molecular formula is C49H77NO10. The van der Waals surface area contributed by atoms with Crippen molar-refractivity contribution in [1.29, 1.82) is 0 Å². The van der Waals surface area contributed by atoms with Crippen LogP contribution in [-0.2, 0) is 39.8 Å². The summed E-state index contributed by atoms with van der Waals surface area (Å²) in [5.74, 6) is -5.26. The lowest BCUT2D eigenvalue weighted by atomic mass is 9.72. The van der Waals surface area contributed by atoms with Gasteiger partial charge in [-0.3, -0.25) is 9.59 Å². The Labute approximate surface area is 359 Å². The minimum absolute atomic E-state index is 0.0387. The van der Waals surface area contributed by atoms with E-state index in [1.54, 1.807) is 0 Å². The van der Waals surface area contributed by atoms with E-state index in [0.717, 1.165) is 18.4 Å². The fourth-order valence-corrected chi connectivity index (χ4v) is 11.6. The van der Waals surface area contributed by atoms with Crippen molar-refractivity contribution in [3.05, 3.63) is 48.0 Å². The summed E-state index contributed by atoms with van der Waals surface area (Å²) in [6.45, 7) is 20.7. The number of ether oxygens (including phenoxy) is 5. The number of carboxylic acids is 1. The van der Waals surface area contributed by atoms with Crippen LogP contribution in [0.4, 0.5) is 0 Å². The molecule has 5 heterocycles. The van der Waals surface area contributed by atoms with Crippen LogP contribution >= 0.6 is 0 Å². The van der Waals surface area contributed by atoms with E-state index in [1.165, 1.54) is 0 Å². The summed E-state index contributed by atoms with van der Waals surface area (Å²) >= 11 is 0. The van der Waals surface area contributed by atoms with Gasteiger partial charge in [-0.25, -0.2) is 0 Å². The van der Waals surface area contributed by atoms with E-state index in [9.17, 15) is 24.9 Å². The number of aliphatic carboxylic acids is 1. The van der Waals surface area contributed by atoms with E-state index < -0.39 is 64.8 Å². The quantitative estimate of drug-likeness (QED) is 0.127. The zero-order valence-corrected chi connectivity index (χ0v) is 38.1. The van der Waals surface area contributed by atoms with Crippen molar-refractivity contribution in [2.75, 3.05) is 0 Å². The van der Waals surface area contributed by atoms with Crippen molar-refractivity contribution in [3.63, 3.8) is 0 Å². The van der Waals surface area contributed by atoms with Gasteiger partial charge in [-0.1, -0.05) is 91.8 Å². The number of carboxylic acid groups (broad SMARTS) is 1. The third kappa shape index (κ3) is 9.21. The van der Waals surface area contributed by atoms with Crippen molar-refractivity contribution in [1.82, 2.24) is 5.32 Å². The Morgan fingerprint density at radius 3 is 2.22 bits per heavy atom. The molecule has 11 heteroatoms. The van der Waals surface area contributed by atoms with Gasteiger partial charge in [0.25, 0.3) is 0 Å². The maximum atomic E-state index is 14.7. The van der Waals surface area contributed by atoms with Gasteiger partial charge in [0.05, 0.1) is 59.8 Å². The highest BCUT2D eigenvalue weighted by atomic mass is 16.8. The van der Waals surface area contributed by atoms with E-state index in [4.69, 9.17) is 23.7 Å². The number of hydrogen-bond donors (Lipinski definition) is 4. The zero-order chi connectivity index (χ0) is 43.8. The van der Waals surface area contributed by atoms with Crippen molar-refractivity contribution in [2.45, 2.75) is 205 Å². The summed E-state index contributed by atoms with van der Waals surface area (Å²) in [4.78, 5) is 26.7. The zero-order valence-electron chi connectivity index (χ0n) is 38.1. The molecule has 0 aliphatic carbocycles. The molecule has 0 amide bonds. The second-order valence-electron chi connectivity index (χ2n) is 19.8. The number of carbonyl (C=O) groups is 2. The van der Waals surface area contributed by atoms with Gasteiger partial charge in [0.15, 0.2) is 11.6 Å². The summed E-state index contributed by atoms with van der Waals surface area (Å²) in [6.07, 6.45) is 7.83. The van der Waals surface area contributed by atoms with Crippen LogP contribution in [0, 0.1) is 41.4 Å². The van der Waals surface area contributed by atoms with Crippen molar-refractivity contribution < 1.29 is 48.6 Å². The Morgan fingerprint density at radius 1 is 0.883 bits per heavy atom. The molecule has 5 aliphatic rings. The van der Waals surface area contributed by atoms with Crippen LogP contribution in [0.5, 0.6) is 0 Å². The molecule has 18 atom stereocenters. The fraction of sp³-hybridized carbons (Fsp3) is 0.796. The average Bonchev–Trinajstić information content (AvgIpc) is 3.57. The first kappa shape index (κ1) is 47.3. The molecule has 4 N–H and O–H groups in total. The van der Waals surface area contributed by atoms with Gasteiger partial charge in [0.2, 0.25) is 0 Å². The van der Waals surface area contributed by atoms with Gasteiger partial charge in [0, 0.05) is 36.6 Å². The first-order valence-corrected chi connectivity index (χ1v) is 23.4. The van der Waals surface area contributed by atoms with E-state index in [0.29, 0.717) is 57.9 Å². The van der Waals surface area contributed by atoms with Crippen LogP contribution in [-0.4, -0.2) is 92.5 Å². The van der Waals surface area contributed by atoms with E-state index in [2.05, 4.69) is 51.2 Å². The second kappa shape index (κ2) is 18.9. The topological polar surface area (TPSA) is 153 Å². The molecule has 0 radical (unpaired) electrons. The number of aliphatic hydroxyl groups is 2. The number of carbonyl (C=O) groups excluding carboxylic acids is 1. The molecule has 4 fully saturated rings. The summed E-state index contributed by atoms with van der Waals surface area (Å²) in [5.41, 5.74) is -0.397. The second-order valence-corrected chi connectivity index (χ2v) is 19.8. The van der Waals surface area contributed by atoms with Crippen molar-refractivity contribution in [2.24, 2.45) is 41.4 Å². The Morgan fingerprint density at radius 2 is 1.58 bits per heavy atom. The van der Waals surface area contributed by atoms with E-state index >= 15 is 0 Å². The van der Waals surface area contributed by atoms with Crippen LogP contribution in [0.2, 0.25) is 0 Å². The molecule has 0 aromatic heterocycles. The number of aliphatic hydroxyl groups excluding tert-OH is 1. The summed E-state index contributed by atoms with van der Waals surface area (Å²) < 4.78 is 34.9. The summed E-state index contributed by atoms with van der Waals surface area (Å²) in [7, 11) is 0. The molecule has 0 saturated carbocycles. The molecule has 2 spiro atoms. The Kier molecular flexibility index (Phi) is 14.9. The lowest BCUT2D eigenvalue weighted by Gasteiger charge is -2.55. The minimum atomic E-state index is -1.17. The Bertz CT molecular complexity index is 1640. The van der Waals surface area contributed by atoms with Crippen LogP contribution in [0.15, 0.2) is 42.5 Å². The number of Topliss-reactive ketones (excluding diaryl/α,β-unsaturated/α-hetero) is 1. The molecule has 1 unspecified atom stereocenters. The molecule has 0 bridgehead atoms. The largest absolute Gasteiger partial charge is 0.481 e. The number of benzene rings is 1. The molecule has 1 aromatic carbocycles. The van der Waals surface area contributed by atoms with E-state index in [1.807, 2.05) is 65.8 Å². The highest BCUT2D eigenvalue weighted by Crippen LogP contribution is 2.54. The van der Waals surface area contributed by atoms with Gasteiger partial charge in [-0.05, 0) is 95.1 Å². The highest BCUT2D eigenvalue weighted by molar-refractivity contribution is 5.84. The summed E-state index contributed by atoms with van der Waals surface area (Å²) in [6, 6.07) is 9.97. The third-order valence-electron chi connectivity index (χ3n) is 15.8. The average molecular weight is 840 g/mol. The third-order valence-corrected chi connectivity index (χ3v) is 15.8.